The zero-order valence-corrected chi connectivity index (χ0v) is 29.4. The zero-order chi connectivity index (χ0) is 35.6. The first kappa shape index (κ1) is 30.5. The molecule has 0 atom stereocenters. The van der Waals surface area contributed by atoms with E-state index in [1.165, 1.54) is 65.3 Å². The molecule has 2 nitrogen and oxygen atoms in total. The van der Waals surface area contributed by atoms with Gasteiger partial charge < -0.3 is 0 Å². The molecular formula is C52H32N2. The molecule has 0 spiro atoms. The third-order valence-electron chi connectivity index (χ3n) is 11.0. The van der Waals surface area contributed by atoms with E-state index in [4.69, 9.17) is 9.97 Å². The van der Waals surface area contributed by atoms with Crippen molar-refractivity contribution in [1.82, 2.24) is 9.97 Å². The highest BCUT2D eigenvalue weighted by Crippen LogP contribution is 2.47. The molecule has 0 N–H and O–H groups in total. The molecule has 11 aromatic rings. The summed E-state index contributed by atoms with van der Waals surface area (Å²) in [4.78, 5) is 10.00. The Morgan fingerprint density at radius 1 is 0.315 bits per heavy atom. The van der Waals surface area contributed by atoms with E-state index in [9.17, 15) is 0 Å². The van der Waals surface area contributed by atoms with Gasteiger partial charge in [-0.3, -0.25) is 4.98 Å². The molecule has 0 saturated heterocycles. The van der Waals surface area contributed by atoms with Gasteiger partial charge in [0.25, 0.3) is 0 Å². The number of hydrogen-bond donors (Lipinski definition) is 0. The average Bonchev–Trinajstić information content (AvgIpc) is 3.25. The van der Waals surface area contributed by atoms with E-state index >= 15 is 0 Å². The lowest BCUT2D eigenvalue weighted by molar-refractivity contribution is 1.41. The highest BCUT2D eigenvalue weighted by Gasteiger charge is 2.20. The maximum atomic E-state index is 5.22. The molecule has 0 aliphatic carbocycles. The number of nitrogens with zero attached hydrogens (tertiary/aromatic N) is 2. The normalized spacial score (nSPS) is 11.7. The van der Waals surface area contributed by atoms with Crippen molar-refractivity contribution in [3.8, 4) is 44.6 Å². The van der Waals surface area contributed by atoms with Crippen molar-refractivity contribution in [2.75, 3.05) is 0 Å². The van der Waals surface area contributed by atoms with Crippen LogP contribution < -0.4 is 0 Å². The number of rotatable bonds is 4. The molecule has 2 heterocycles. The van der Waals surface area contributed by atoms with Crippen LogP contribution in [0.4, 0.5) is 0 Å². The standard InChI is InChI=1S/C52H32N2/c1-2-14-33(15-3-1)52-46-29-28-38-39(24-13-25-40(38)51(46)45-23-9-11-27-48(45)54-52)50-43-21-7-5-19-41(43)49(42-20-6-8-22-44(42)50)36-18-12-17-34(30-36)37-31-35-16-4-10-26-47(35)53-32-37/h1-32H. The van der Waals surface area contributed by atoms with Crippen molar-refractivity contribution < 1.29 is 0 Å². The van der Waals surface area contributed by atoms with Gasteiger partial charge in [-0.05, 0) is 84.4 Å². The van der Waals surface area contributed by atoms with Gasteiger partial charge in [0.05, 0.1) is 16.7 Å². The predicted octanol–water partition coefficient (Wildman–Crippen LogP) is 14.1. The second-order valence-corrected chi connectivity index (χ2v) is 14.1. The van der Waals surface area contributed by atoms with E-state index in [-0.39, 0.29) is 0 Å². The van der Waals surface area contributed by atoms with Crippen LogP contribution in [-0.2, 0) is 0 Å². The number of aromatic nitrogens is 2. The Morgan fingerprint density at radius 2 is 0.889 bits per heavy atom. The molecule has 250 valence electrons. The van der Waals surface area contributed by atoms with Crippen molar-refractivity contribution in [2.24, 2.45) is 0 Å². The SMILES string of the molecule is c1ccc(-c2nc3ccccc3c3c2ccc2c(-c4c5ccccc5c(-c5cccc(-c6cnc7ccccc7c6)c5)c5ccccc45)cccc23)cc1. The Balaban J connectivity index is 1.18. The van der Waals surface area contributed by atoms with E-state index < -0.39 is 0 Å². The van der Waals surface area contributed by atoms with Gasteiger partial charge in [-0.15, -0.1) is 0 Å². The Bertz CT molecular complexity index is 3210. The second kappa shape index (κ2) is 12.2. The van der Waals surface area contributed by atoms with Gasteiger partial charge in [-0.25, -0.2) is 4.98 Å². The summed E-state index contributed by atoms with van der Waals surface area (Å²) in [5.74, 6) is 0. The van der Waals surface area contributed by atoms with Crippen LogP contribution in [0, 0.1) is 0 Å². The highest BCUT2D eigenvalue weighted by atomic mass is 14.7. The average molecular weight is 685 g/mol. The molecule has 0 unspecified atom stereocenters. The molecule has 11 rings (SSSR count). The minimum atomic E-state index is 1.00. The minimum absolute atomic E-state index is 1.00. The molecule has 2 aromatic heterocycles. The molecule has 0 saturated carbocycles. The predicted molar refractivity (Wildman–Crippen MR) is 229 cm³/mol. The molecule has 0 aliphatic rings. The van der Waals surface area contributed by atoms with Crippen LogP contribution in [0.2, 0.25) is 0 Å². The van der Waals surface area contributed by atoms with Gasteiger partial charge >= 0.3 is 0 Å². The Hall–Kier alpha value is -7.16. The van der Waals surface area contributed by atoms with E-state index in [1.54, 1.807) is 0 Å². The summed E-state index contributed by atoms with van der Waals surface area (Å²) >= 11 is 0. The van der Waals surface area contributed by atoms with Gasteiger partial charge in [-0.2, -0.15) is 0 Å². The van der Waals surface area contributed by atoms with E-state index in [0.717, 1.165) is 44.2 Å². The molecule has 9 aromatic carbocycles. The van der Waals surface area contributed by atoms with Crippen LogP contribution in [0.5, 0.6) is 0 Å². The fraction of sp³-hybridized carbons (Fsp3) is 0. The first-order valence-electron chi connectivity index (χ1n) is 18.5. The lowest BCUT2D eigenvalue weighted by atomic mass is 9.83. The fourth-order valence-electron chi connectivity index (χ4n) is 8.66. The summed E-state index contributed by atoms with van der Waals surface area (Å²) in [6, 6.07) is 67.9. The topological polar surface area (TPSA) is 25.8 Å². The summed E-state index contributed by atoms with van der Waals surface area (Å²) in [6.07, 6.45) is 1.99. The number of hydrogen-bond acceptors (Lipinski definition) is 2. The smallest absolute Gasteiger partial charge is 0.0788 e. The monoisotopic (exact) mass is 684 g/mol. The first-order valence-corrected chi connectivity index (χ1v) is 18.5. The Kier molecular flexibility index (Phi) is 6.90. The lowest BCUT2D eigenvalue weighted by Crippen LogP contribution is -1.93. The van der Waals surface area contributed by atoms with E-state index in [1.807, 2.05) is 12.3 Å². The van der Waals surface area contributed by atoms with Crippen molar-refractivity contribution in [1.29, 1.82) is 0 Å². The number of benzene rings is 9. The van der Waals surface area contributed by atoms with Crippen molar-refractivity contribution in [2.45, 2.75) is 0 Å². The molecular weight excluding hydrogens is 653 g/mol. The maximum Gasteiger partial charge on any atom is 0.0788 e. The quantitative estimate of drug-likeness (QED) is 0.136. The van der Waals surface area contributed by atoms with Gasteiger partial charge in [0, 0.05) is 38.9 Å². The van der Waals surface area contributed by atoms with Crippen LogP contribution in [0.25, 0.3) is 110 Å². The van der Waals surface area contributed by atoms with Crippen molar-refractivity contribution >= 4 is 64.9 Å². The summed E-state index contributed by atoms with van der Waals surface area (Å²) in [7, 11) is 0. The molecule has 54 heavy (non-hydrogen) atoms. The van der Waals surface area contributed by atoms with Crippen LogP contribution in [0.3, 0.4) is 0 Å². The van der Waals surface area contributed by atoms with Crippen LogP contribution in [-0.4, -0.2) is 9.97 Å². The Morgan fingerprint density at radius 3 is 1.67 bits per heavy atom. The van der Waals surface area contributed by atoms with Crippen molar-refractivity contribution in [3.63, 3.8) is 0 Å². The van der Waals surface area contributed by atoms with E-state index in [2.05, 4.69) is 182 Å². The molecule has 0 aliphatic heterocycles. The van der Waals surface area contributed by atoms with Gasteiger partial charge in [-0.1, -0.05) is 164 Å². The van der Waals surface area contributed by atoms with Crippen molar-refractivity contribution in [3.05, 3.63) is 194 Å². The third kappa shape index (κ3) is 4.74. The zero-order valence-electron chi connectivity index (χ0n) is 29.4. The first-order chi connectivity index (χ1) is 26.8. The summed E-state index contributed by atoms with van der Waals surface area (Å²) in [5.41, 5.74) is 11.3. The molecule has 0 bridgehead atoms. The number of para-hydroxylation sites is 2. The van der Waals surface area contributed by atoms with Gasteiger partial charge in [0.2, 0.25) is 0 Å². The minimum Gasteiger partial charge on any atom is -0.256 e. The van der Waals surface area contributed by atoms with Crippen LogP contribution >= 0.6 is 0 Å². The van der Waals surface area contributed by atoms with Crippen LogP contribution in [0.1, 0.15) is 0 Å². The maximum absolute atomic E-state index is 5.22. The molecule has 2 heteroatoms. The largest absolute Gasteiger partial charge is 0.256 e. The second-order valence-electron chi connectivity index (χ2n) is 14.1. The van der Waals surface area contributed by atoms with E-state index in [0.29, 0.717) is 0 Å². The Labute approximate surface area is 312 Å². The number of pyridine rings is 2. The summed E-state index contributed by atoms with van der Waals surface area (Å²) in [6.45, 7) is 0. The third-order valence-corrected chi connectivity index (χ3v) is 11.0. The lowest BCUT2D eigenvalue weighted by Gasteiger charge is -2.20. The van der Waals surface area contributed by atoms with Gasteiger partial charge in [0.15, 0.2) is 0 Å². The van der Waals surface area contributed by atoms with Crippen LogP contribution in [0.15, 0.2) is 194 Å². The molecule has 0 amide bonds. The number of fused-ring (bicyclic) bond motifs is 8. The van der Waals surface area contributed by atoms with Gasteiger partial charge in [0.1, 0.15) is 0 Å². The molecule has 0 fully saturated rings. The summed E-state index contributed by atoms with van der Waals surface area (Å²) < 4.78 is 0. The highest BCUT2D eigenvalue weighted by molar-refractivity contribution is 6.28. The molecule has 0 radical (unpaired) electrons. The fourth-order valence-corrected chi connectivity index (χ4v) is 8.66. The summed E-state index contributed by atoms with van der Waals surface area (Å²) in [5, 5.41) is 12.1.